The van der Waals surface area contributed by atoms with Gasteiger partial charge in [0.05, 0.1) is 6.61 Å². The second-order valence-electron chi connectivity index (χ2n) is 9.74. The van der Waals surface area contributed by atoms with Crippen LogP contribution in [0.5, 0.6) is 5.75 Å². The molecule has 5 nitrogen and oxygen atoms in total. The predicted molar refractivity (Wildman–Crippen MR) is 122 cm³/mol. The highest BCUT2D eigenvalue weighted by molar-refractivity contribution is 7.89. The third-order valence-corrected chi connectivity index (χ3v) is 8.97. The van der Waals surface area contributed by atoms with Crippen LogP contribution in [0.25, 0.3) is 0 Å². The summed E-state index contributed by atoms with van der Waals surface area (Å²) in [5.74, 6) is 1.02. The summed E-state index contributed by atoms with van der Waals surface area (Å²) >= 11 is 0. The van der Waals surface area contributed by atoms with Crippen molar-refractivity contribution in [1.29, 1.82) is 0 Å². The molecule has 1 aliphatic carbocycles. The van der Waals surface area contributed by atoms with E-state index >= 15 is 0 Å². The molecule has 0 aromatic heterocycles. The van der Waals surface area contributed by atoms with E-state index in [2.05, 4.69) is 36.1 Å². The molecule has 0 radical (unpaired) electrons. The minimum atomic E-state index is -3.54. The fourth-order valence-corrected chi connectivity index (χ4v) is 6.61. The van der Waals surface area contributed by atoms with Gasteiger partial charge >= 0.3 is 0 Å². The largest absolute Gasteiger partial charge is 0.492 e. The van der Waals surface area contributed by atoms with E-state index in [0.717, 1.165) is 45.3 Å². The van der Waals surface area contributed by atoms with E-state index in [0.29, 0.717) is 36.3 Å². The summed E-state index contributed by atoms with van der Waals surface area (Å²) in [5.41, 5.74) is 2.49. The Labute approximate surface area is 186 Å². The fourth-order valence-electron chi connectivity index (χ4n) is 4.85. The molecule has 2 fully saturated rings. The summed E-state index contributed by atoms with van der Waals surface area (Å²) in [4.78, 5) is 2.81. The van der Waals surface area contributed by atoms with Crippen LogP contribution in [0.1, 0.15) is 36.8 Å². The molecule has 2 aromatic carbocycles. The molecule has 2 heterocycles. The number of hydrogen-bond acceptors (Lipinski definition) is 4. The van der Waals surface area contributed by atoms with Crippen LogP contribution >= 0.6 is 0 Å². The molecular weight excluding hydrogens is 408 g/mol. The van der Waals surface area contributed by atoms with Crippen LogP contribution in [0, 0.1) is 18.3 Å². The van der Waals surface area contributed by atoms with Gasteiger partial charge in [-0.1, -0.05) is 42.0 Å². The van der Waals surface area contributed by atoms with Gasteiger partial charge in [-0.05, 0) is 69.3 Å². The van der Waals surface area contributed by atoms with Gasteiger partial charge in [0.15, 0.2) is 0 Å². The Morgan fingerprint density at radius 2 is 1.74 bits per heavy atom. The van der Waals surface area contributed by atoms with Crippen molar-refractivity contribution >= 4 is 10.0 Å². The van der Waals surface area contributed by atoms with Crippen molar-refractivity contribution in [3.05, 3.63) is 59.7 Å². The highest BCUT2D eigenvalue weighted by atomic mass is 32.2. The van der Waals surface area contributed by atoms with E-state index in [1.165, 1.54) is 11.1 Å². The number of aryl methyl sites for hydroxylation is 1. The second-order valence-corrected chi connectivity index (χ2v) is 11.6. The zero-order valence-corrected chi connectivity index (χ0v) is 19.1. The number of fused-ring (bicyclic) bond motifs is 1. The fraction of sp³-hybridized carbons (Fsp3) is 0.520. The Bertz CT molecular complexity index is 1020. The zero-order valence-electron chi connectivity index (χ0n) is 18.3. The molecule has 0 N–H and O–H groups in total. The van der Waals surface area contributed by atoms with Gasteiger partial charge in [-0.15, -0.1) is 0 Å². The van der Waals surface area contributed by atoms with Crippen molar-refractivity contribution in [2.75, 3.05) is 32.8 Å². The Hall–Kier alpha value is -1.89. The monoisotopic (exact) mass is 440 g/mol. The lowest BCUT2D eigenvalue weighted by atomic mass is 9.78. The van der Waals surface area contributed by atoms with E-state index in [1.54, 1.807) is 22.5 Å². The van der Waals surface area contributed by atoms with E-state index in [9.17, 15) is 8.42 Å². The van der Waals surface area contributed by atoms with Crippen molar-refractivity contribution in [2.45, 2.75) is 44.0 Å². The maximum atomic E-state index is 13.5. The van der Waals surface area contributed by atoms with Crippen molar-refractivity contribution < 1.29 is 13.2 Å². The number of piperidine rings is 1. The number of likely N-dealkylation sites (tertiary alicyclic amines) is 1. The highest BCUT2D eigenvalue weighted by Gasteiger charge is 2.44. The molecule has 0 bridgehead atoms. The summed E-state index contributed by atoms with van der Waals surface area (Å²) in [5, 5.41) is 0. The molecule has 31 heavy (non-hydrogen) atoms. The van der Waals surface area contributed by atoms with Crippen LogP contribution in [0.3, 0.4) is 0 Å². The normalized spacial score (nSPS) is 23.5. The first-order valence-corrected chi connectivity index (χ1v) is 12.9. The van der Waals surface area contributed by atoms with Crippen molar-refractivity contribution in [3.63, 3.8) is 0 Å². The van der Waals surface area contributed by atoms with Gasteiger partial charge in [-0.2, -0.15) is 4.31 Å². The van der Waals surface area contributed by atoms with E-state index in [4.69, 9.17) is 4.74 Å². The lowest BCUT2D eigenvalue weighted by Crippen LogP contribution is -2.51. The van der Waals surface area contributed by atoms with Crippen molar-refractivity contribution in [1.82, 2.24) is 9.21 Å². The number of rotatable bonds is 4. The molecule has 1 spiro atoms. The number of benzene rings is 2. The van der Waals surface area contributed by atoms with Gasteiger partial charge in [0, 0.05) is 25.0 Å². The molecular formula is C25H32N2O3S. The molecule has 3 aliphatic rings. The lowest BCUT2D eigenvalue weighted by molar-refractivity contribution is 0.0319. The summed E-state index contributed by atoms with van der Waals surface area (Å²) in [6.45, 7) is 6.79. The molecule has 6 heteroatoms. The summed E-state index contributed by atoms with van der Waals surface area (Å²) < 4.78 is 35.0. The van der Waals surface area contributed by atoms with E-state index in [-0.39, 0.29) is 5.41 Å². The summed E-state index contributed by atoms with van der Waals surface area (Å²) in [6, 6.07) is 15.9. The highest BCUT2D eigenvalue weighted by Crippen LogP contribution is 2.41. The van der Waals surface area contributed by atoms with Crippen molar-refractivity contribution in [2.24, 2.45) is 11.3 Å². The lowest BCUT2D eigenvalue weighted by Gasteiger charge is -2.45. The van der Waals surface area contributed by atoms with E-state index in [1.807, 2.05) is 6.07 Å². The van der Waals surface area contributed by atoms with Gasteiger partial charge in [0.2, 0.25) is 10.0 Å². The third-order valence-electron chi connectivity index (χ3n) is 7.11. The van der Waals surface area contributed by atoms with Gasteiger partial charge in [0.1, 0.15) is 10.6 Å². The minimum Gasteiger partial charge on any atom is -0.492 e. The van der Waals surface area contributed by atoms with Crippen LogP contribution in [-0.4, -0.2) is 50.4 Å². The molecule has 2 aliphatic heterocycles. The Morgan fingerprint density at radius 1 is 1.03 bits per heavy atom. The molecule has 0 unspecified atom stereocenters. The van der Waals surface area contributed by atoms with Gasteiger partial charge in [-0.25, -0.2) is 8.42 Å². The van der Waals surface area contributed by atoms with Gasteiger partial charge in [0.25, 0.3) is 0 Å². The Kier molecular flexibility index (Phi) is 5.57. The average Bonchev–Trinajstić information content (AvgIpc) is 3.59. The van der Waals surface area contributed by atoms with Crippen LogP contribution in [-0.2, 0) is 16.6 Å². The number of para-hydroxylation sites is 1. The Balaban J connectivity index is 1.35. The average molecular weight is 441 g/mol. The maximum absolute atomic E-state index is 13.5. The van der Waals surface area contributed by atoms with Crippen LogP contribution in [0.4, 0.5) is 0 Å². The van der Waals surface area contributed by atoms with E-state index < -0.39 is 10.0 Å². The quantitative estimate of drug-likeness (QED) is 0.719. The first-order chi connectivity index (χ1) is 14.9. The Morgan fingerprint density at radius 3 is 2.45 bits per heavy atom. The van der Waals surface area contributed by atoms with Crippen LogP contribution < -0.4 is 4.74 Å². The first-order valence-electron chi connectivity index (χ1n) is 11.4. The molecule has 5 rings (SSSR count). The number of sulfonamides is 1. The number of ether oxygens (including phenoxy) is 1. The molecule has 2 aromatic rings. The zero-order chi connectivity index (χ0) is 21.5. The first kappa shape index (κ1) is 21.0. The SMILES string of the molecule is Cc1ccc(CN2CCC3(CC2)COc2ccccc2S(=O)(=O)N(CC2CC2)C3)cc1. The van der Waals surface area contributed by atoms with Crippen molar-refractivity contribution in [3.8, 4) is 5.75 Å². The summed E-state index contributed by atoms with van der Waals surface area (Å²) in [7, 11) is -3.54. The molecule has 0 atom stereocenters. The summed E-state index contributed by atoms with van der Waals surface area (Å²) in [6.07, 6.45) is 4.19. The maximum Gasteiger partial charge on any atom is 0.246 e. The number of nitrogens with zero attached hydrogens (tertiary/aromatic N) is 2. The van der Waals surface area contributed by atoms with Crippen LogP contribution in [0.2, 0.25) is 0 Å². The predicted octanol–water partition coefficient (Wildman–Crippen LogP) is 4.07. The second kappa shape index (κ2) is 8.23. The topological polar surface area (TPSA) is 49.9 Å². The van der Waals surface area contributed by atoms with Crippen LogP contribution in [0.15, 0.2) is 53.4 Å². The smallest absolute Gasteiger partial charge is 0.246 e. The standard InChI is InChI=1S/C25H32N2O3S/c1-20-6-8-21(9-7-20)16-26-14-12-25(13-15-26)18-27(17-22-10-11-22)31(28,29)24-5-3-2-4-23(24)30-19-25/h2-9,22H,10-19H2,1H3. The third kappa shape index (κ3) is 4.52. The molecule has 1 saturated heterocycles. The molecule has 166 valence electrons. The molecule has 0 amide bonds. The number of hydrogen-bond donors (Lipinski definition) is 0. The minimum absolute atomic E-state index is 0.126. The van der Waals surface area contributed by atoms with Gasteiger partial charge < -0.3 is 4.74 Å². The molecule has 1 saturated carbocycles. The van der Waals surface area contributed by atoms with Gasteiger partial charge in [-0.3, -0.25) is 4.90 Å².